The Balaban J connectivity index is 1.38. The Bertz CT molecular complexity index is 603. The summed E-state index contributed by atoms with van der Waals surface area (Å²) < 4.78 is 0. The van der Waals surface area contributed by atoms with E-state index in [1.165, 1.54) is 32.1 Å². The van der Waals surface area contributed by atoms with Gasteiger partial charge in [0.25, 0.3) is 5.91 Å². The largest absolute Gasteiger partial charge is 0.349 e. The lowest BCUT2D eigenvalue weighted by Crippen LogP contribution is -2.46. The van der Waals surface area contributed by atoms with Crippen LogP contribution in [0.15, 0.2) is 24.3 Å². The van der Waals surface area contributed by atoms with Crippen LogP contribution in [0.4, 0.5) is 0 Å². The monoisotopic (exact) mass is 376 g/mol. The van der Waals surface area contributed by atoms with Gasteiger partial charge in [0.15, 0.2) is 0 Å². The lowest BCUT2D eigenvalue weighted by Gasteiger charge is -2.33. The fraction of sp³-hybridized carbons (Fsp3) is 0.619. The van der Waals surface area contributed by atoms with Crippen LogP contribution in [-0.4, -0.2) is 35.8 Å². The minimum Gasteiger partial charge on any atom is -0.349 e. The van der Waals surface area contributed by atoms with Crippen molar-refractivity contribution in [3.63, 3.8) is 0 Å². The van der Waals surface area contributed by atoms with E-state index in [4.69, 9.17) is 11.6 Å². The van der Waals surface area contributed by atoms with Crippen molar-refractivity contribution in [2.45, 2.75) is 63.8 Å². The van der Waals surface area contributed by atoms with Gasteiger partial charge in [-0.05, 0) is 49.4 Å². The third-order valence-electron chi connectivity index (χ3n) is 5.78. The predicted molar refractivity (Wildman–Crippen MR) is 104 cm³/mol. The van der Waals surface area contributed by atoms with Crippen LogP contribution in [0.25, 0.3) is 0 Å². The summed E-state index contributed by atoms with van der Waals surface area (Å²) >= 11 is 5.86. The van der Waals surface area contributed by atoms with Crippen molar-refractivity contribution < 1.29 is 9.59 Å². The lowest BCUT2D eigenvalue weighted by molar-refractivity contribution is -0.132. The predicted octanol–water partition coefficient (Wildman–Crippen LogP) is 4.42. The molecule has 26 heavy (non-hydrogen) atoms. The molecule has 2 aliphatic rings. The first-order chi connectivity index (χ1) is 12.6. The van der Waals surface area contributed by atoms with Gasteiger partial charge >= 0.3 is 0 Å². The Morgan fingerprint density at radius 2 is 1.65 bits per heavy atom. The van der Waals surface area contributed by atoms with Gasteiger partial charge in [-0.15, -0.1) is 0 Å². The SMILES string of the molecule is O=C(NC1CCN(C(=O)CCC2CCCCC2)CC1)c1ccc(Cl)cc1. The van der Waals surface area contributed by atoms with Crippen molar-refractivity contribution >= 4 is 23.4 Å². The minimum atomic E-state index is -0.0660. The van der Waals surface area contributed by atoms with E-state index in [0.717, 1.165) is 38.3 Å². The molecule has 1 saturated carbocycles. The maximum atomic E-state index is 12.4. The Kier molecular flexibility index (Phi) is 6.95. The number of hydrogen-bond donors (Lipinski definition) is 1. The molecule has 1 aromatic carbocycles. The maximum absolute atomic E-state index is 12.4. The zero-order valence-corrected chi connectivity index (χ0v) is 16.1. The molecule has 3 rings (SSSR count). The summed E-state index contributed by atoms with van der Waals surface area (Å²) in [4.78, 5) is 26.7. The summed E-state index contributed by atoms with van der Waals surface area (Å²) in [6.45, 7) is 1.49. The summed E-state index contributed by atoms with van der Waals surface area (Å²) in [5, 5.41) is 3.70. The number of amides is 2. The van der Waals surface area contributed by atoms with Crippen LogP contribution in [0, 0.1) is 5.92 Å². The van der Waals surface area contributed by atoms with Crippen LogP contribution in [0.1, 0.15) is 68.1 Å². The van der Waals surface area contributed by atoms with Crippen molar-refractivity contribution in [3.05, 3.63) is 34.9 Å². The number of benzene rings is 1. The molecule has 0 unspecified atom stereocenters. The van der Waals surface area contributed by atoms with Crippen molar-refractivity contribution in [3.8, 4) is 0 Å². The van der Waals surface area contributed by atoms with Gasteiger partial charge < -0.3 is 10.2 Å². The van der Waals surface area contributed by atoms with Crippen molar-refractivity contribution in [2.75, 3.05) is 13.1 Å². The molecular weight excluding hydrogens is 348 g/mol. The van der Waals surface area contributed by atoms with Gasteiger partial charge in [-0.1, -0.05) is 43.7 Å². The van der Waals surface area contributed by atoms with Gasteiger partial charge in [-0.3, -0.25) is 9.59 Å². The average Bonchev–Trinajstić information content (AvgIpc) is 2.68. The molecule has 0 aromatic heterocycles. The number of carbonyl (C=O) groups is 2. The van der Waals surface area contributed by atoms with Crippen LogP contribution in [0.5, 0.6) is 0 Å². The topological polar surface area (TPSA) is 49.4 Å². The number of carbonyl (C=O) groups excluding carboxylic acids is 2. The van der Waals surface area contributed by atoms with E-state index in [0.29, 0.717) is 17.0 Å². The summed E-state index contributed by atoms with van der Waals surface area (Å²) in [5.74, 6) is 0.977. The van der Waals surface area contributed by atoms with E-state index in [2.05, 4.69) is 5.32 Å². The van der Waals surface area contributed by atoms with Gasteiger partial charge in [-0.2, -0.15) is 0 Å². The number of nitrogens with zero attached hydrogens (tertiary/aromatic N) is 1. The maximum Gasteiger partial charge on any atom is 0.251 e. The van der Waals surface area contributed by atoms with Crippen LogP contribution in [-0.2, 0) is 4.79 Å². The summed E-state index contributed by atoms with van der Waals surface area (Å²) in [6, 6.07) is 7.07. The average molecular weight is 377 g/mol. The summed E-state index contributed by atoms with van der Waals surface area (Å²) in [6.07, 6.45) is 10.0. The molecule has 1 aromatic rings. The molecule has 0 atom stereocenters. The quantitative estimate of drug-likeness (QED) is 0.826. The van der Waals surface area contributed by atoms with Gasteiger partial charge in [0.05, 0.1) is 0 Å². The number of nitrogens with one attached hydrogen (secondary N) is 1. The number of hydrogen-bond acceptors (Lipinski definition) is 2. The molecule has 1 saturated heterocycles. The second kappa shape index (κ2) is 9.40. The molecule has 5 heteroatoms. The molecule has 2 amide bonds. The highest BCUT2D eigenvalue weighted by Crippen LogP contribution is 2.27. The minimum absolute atomic E-state index is 0.0660. The first-order valence-electron chi connectivity index (χ1n) is 9.96. The third-order valence-corrected chi connectivity index (χ3v) is 6.03. The lowest BCUT2D eigenvalue weighted by atomic mass is 9.86. The number of likely N-dealkylation sites (tertiary alicyclic amines) is 1. The fourth-order valence-electron chi connectivity index (χ4n) is 4.10. The van der Waals surface area contributed by atoms with Crippen LogP contribution < -0.4 is 5.32 Å². The molecule has 0 spiro atoms. The highest BCUT2D eigenvalue weighted by atomic mass is 35.5. The highest BCUT2D eigenvalue weighted by molar-refractivity contribution is 6.30. The molecule has 4 nitrogen and oxygen atoms in total. The third kappa shape index (κ3) is 5.47. The molecule has 1 aliphatic carbocycles. The first-order valence-corrected chi connectivity index (χ1v) is 10.3. The van der Waals surface area contributed by atoms with Crippen molar-refractivity contribution in [1.29, 1.82) is 0 Å². The van der Waals surface area contributed by atoms with Crippen LogP contribution in [0.2, 0.25) is 5.02 Å². The van der Waals surface area contributed by atoms with Crippen LogP contribution >= 0.6 is 11.6 Å². The fourth-order valence-corrected chi connectivity index (χ4v) is 4.23. The summed E-state index contributed by atoms with van der Waals surface area (Å²) in [5.41, 5.74) is 0.625. The Labute approximate surface area is 161 Å². The van der Waals surface area contributed by atoms with Gasteiger partial charge in [0, 0.05) is 36.1 Å². The molecule has 0 bridgehead atoms. The number of rotatable bonds is 5. The summed E-state index contributed by atoms with van der Waals surface area (Å²) in [7, 11) is 0. The van der Waals surface area contributed by atoms with E-state index in [1.54, 1.807) is 24.3 Å². The molecule has 1 heterocycles. The van der Waals surface area contributed by atoms with Crippen molar-refractivity contribution in [1.82, 2.24) is 10.2 Å². The standard InChI is InChI=1S/C21H29ClN2O2/c22-18-9-7-17(8-10-18)21(26)23-19-12-14-24(15-13-19)20(25)11-6-16-4-2-1-3-5-16/h7-10,16,19H,1-6,11-15H2,(H,23,26). The number of piperidine rings is 1. The van der Waals surface area contributed by atoms with Gasteiger partial charge in [-0.25, -0.2) is 0 Å². The molecule has 1 N–H and O–H groups in total. The Morgan fingerprint density at radius 1 is 1.00 bits per heavy atom. The molecular formula is C21H29ClN2O2. The second-order valence-electron chi connectivity index (χ2n) is 7.68. The van der Waals surface area contributed by atoms with Crippen LogP contribution in [0.3, 0.4) is 0 Å². The van der Waals surface area contributed by atoms with Crippen molar-refractivity contribution in [2.24, 2.45) is 5.92 Å². The molecule has 0 radical (unpaired) electrons. The van der Waals surface area contributed by atoms with E-state index in [-0.39, 0.29) is 17.9 Å². The smallest absolute Gasteiger partial charge is 0.251 e. The van der Waals surface area contributed by atoms with E-state index < -0.39 is 0 Å². The molecule has 142 valence electrons. The number of halogens is 1. The zero-order valence-electron chi connectivity index (χ0n) is 15.4. The highest BCUT2D eigenvalue weighted by Gasteiger charge is 2.24. The van der Waals surface area contributed by atoms with Gasteiger partial charge in [0.1, 0.15) is 0 Å². The molecule has 1 aliphatic heterocycles. The Morgan fingerprint density at radius 3 is 2.31 bits per heavy atom. The normalized spacial score (nSPS) is 19.3. The Hall–Kier alpha value is -1.55. The van der Waals surface area contributed by atoms with E-state index in [9.17, 15) is 9.59 Å². The first kappa shape index (κ1) is 19.2. The molecule has 2 fully saturated rings. The van der Waals surface area contributed by atoms with E-state index in [1.807, 2.05) is 4.90 Å². The van der Waals surface area contributed by atoms with Gasteiger partial charge in [0.2, 0.25) is 5.91 Å². The zero-order chi connectivity index (χ0) is 18.4. The second-order valence-corrected chi connectivity index (χ2v) is 8.11. The van der Waals surface area contributed by atoms with E-state index >= 15 is 0 Å².